The first-order chi connectivity index (χ1) is 21.8. The molecule has 0 bridgehead atoms. The minimum absolute atomic E-state index is 0.968. The number of para-hydroxylation sites is 3. The summed E-state index contributed by atoms with van der Waals surface area (Å²) in [6, 6.07) is 26.2. The van der Waals surface area contributed by atoms with E-state index in [9.17, 15) is 0 Å². The molecule has 1 aliphatic rings. The van der Waals surface area contributed by atoms with Gasteiger partial charge in [0.25, 0.3) is 0 Å². The Morgan fingerprint density at radius 3 is 1.91 bits per heavy atom. The van der Waals surface area contributed by atoms with Gasteiger partial charge in [-0.1, -0.05) is 42.5 Å². The third-order valence-corrected chi connectivity index (χ3v) is 6.21. The molecule has 0 amide bonds. The van der Waals surface area contributed by atoms with Gasteiger partial charge in [0.2, 0.25) is 0 Å². The zero-order chi connectivity index (χ0) is 32.3. The predicted molar refractivity (Wildman–Crippen MR) is 187 cm³/mol. The van der Waals surface area contributed by atoms with Crippen molar-refractivity contribution in [2.24, 2.45) is 0 Å². The van der Waals surface area contributed by atoms with Crippen LogP contribution in [0.1, 0.15) is 35.7 Å². The second kappa shape index (κ2) is 18.9. The number of fused-ring (bicyclic) bond motifs is 2. The van der Waals surface area contributed by atoms with Crippen LogP contribution in [-0.4, -0.2) is 36.4 Å². The topological polar surface area (TPSA) is 114 Å². The van der Waals surface area contributed by atoms with Gasteiger partial charge in [-0.3, -0.25) is 0 Å². The van der Waals surface area contributed by atoms with E-state index >= 15 is 0 Å². The van der Waals surface area contributed by atoms with E-state index < -0.39 is 0 Å². The van der Waals surface area contributed by atoms with Gasteiger partial charge in [-0.25, -0.2) is 9.97 Å². The molecule has 8 heteroatoms. The maximum Gasteiger partial charge on any atom is 0.104 e. The zero-order valence-corrected chi connectivity index (χ0v) is 27.1. The Morgan fingerprint density at radius 2 is 1.47 bits per heavy atom. The van der Waals surface area contributed by atoms with Crippen molar-refractivity contribution in [3.8, 4) is 0 Å². The van der Waals surface area contributed by atoms with E-state index in [1.807, 2.05) is 88.5 Å². The standard InChI is InChI=1S/C9H9N.C8H8N2.C6H9N.C5H7N.C5H6O.C4H6N2/c1-7-6-8-4-2-3-5-9(8)10-7;1-6-9-7-4-2-3-5-8(7)10-6;1-6-4-2-3-5-7-6;2*1-5-3-2-4-6-5;1-4-5-2-3-6-4/h2-6,10H,1H3;2-5H,1H3,(H,9,10);2-4,7H,5H2,1H3;2-4,6H,1H3;2-4H,1H3;2-3H,1H3,(H,5,6). The Labute approximate surface area is 265 Å². The molecule has 234 valence electrons. The fourth-order valence-electron chi connectivity index (χ4n) is 3.98. The van der Waals surface area contributed by atoms with Crippen LogP contribution in [0.5, 0.6) is 0 Å². The smallest absolute Gasteiger partial charge is 0.104 e. The molecule has 1 aliphatic heterocycles. The van der Waals surface area contributed by atoms with E-state index in [2.05, 4.69) is 91.6 Å². The average molecular weight is 604 g/mol. The van der Waals surface area contributed by atoms with Crippen LogP contribution in [0.25, 0.3) is 21.9 Å². The summed E-state index contributed by atoms with van der Waals surface area (Å²) in [4.78, 5) is 20.4. The van der Waals surface area contributed by atoms with Crippen LogP contribution in [-0.2, 0) is 0 Å². The van der Waals surface area contributed by atoms with E-state index in [-0.39, 0.29) is 0 Å². The number of aromatic amines is 4. The predicted octanol–water partition coefficient (Wildman–Crippen LogP) is 9.03. The van der Waals surface area contributed by atoms with Crippen molar-refractivity contribution in [1.29, 1.82) is 0 Å². The number of hydrogen-bond acceptors (Lipinski definition) is 4. The molecule has 0 radical (unpaired) electrons. The van der Waals surface area contributed by atoms with E-state index in [0.29, 0.717) is 0 Å². The molecule has 0 spiro atoms. The Hall–Kier alpha value is -5.50. The number of allylic oxidation sites excluding steroid dienone is 3. The number of aryl methyl sites for hydroxylation is 5. The van der Waals surface area contributed by atoms with E-state index in [1.54, 1.807) is 18.7 Å². The van der Waals surface area contributed by atoms with Crippen molar-refractivity contribution in [2.75, 3.05) is 6.54 Å². The van der Waals surface area contributed by atoms with Gasteiger partial charge in [0.1, 0.15) is 17.4 Å². The van der Waals surface area contributed by atoms with Crippen molar-refractivity contribution in [3.63, 3.8) is 0 Å². The Bertz CT molecular complexity index is 1590. The Balaban J connectivity index is 0.000000150. The van der Waals surface area contributed by atoms with Gasteiger partial charge in [-0.15, -0.1) is 0 Å². The number of nitrogens with zero attached hydrogens (tertiary/aromatic N) is 2. The molecule has 0 unspecified atom stereocenters. The van der Waals surface area contributed by atoms with Gasteiger partial charge >= 0.3 is 0 Å². The monoisotopic (exact) mass is 603 g/mol. The summed E-state index contributed by atoms with van der Waals surface area (Å²) in [5, 5.41) is 4.45. The number of benzene rings is 2. The number of dihydropyridines is 1. The molecule has 8 nitrogen and oxygen atoms in total. The lowest BCUT2D eigenvalue weighted by Gasteiger charge is -2.04. The third-order valence-electron chi connectivity index (χ3n) is 6.21. The molecule has 6 heterocycles. The molecule has 2 aromatic carbocycles. The van der Waals surface area contributed by atoms with Crippen LogP contribution in [0, 0.1) is 34.6 Å². The lowest BCUT2D eigenvalue weighted by atomic mass is 10.2. The van der Waals surface area contributed by atoms with E-state index in [4.69, 9.17) is 4.42 Å². The summed E-state index contributed by atoms with van der Waals surface area (Å²) in [5.74, 6) is 2.91. The summed E-state index contributed by atoms with van der Waals surface area (Å²) in [6.45, 7) is 12.9. The number of imidazole rings is 2. The second-order valence-electron chi connectivity index (χ2n) is 10.3. The number of furan rings is 1. The lowest BCUT2D eigenvalue weighted by molar-refractivity contribution is 0.534. The first kappa shape index (κ1) is 34.0. The summed E-state index contributed by atoms with van der Waals surface area (Å²) in [7, 11) is 0. The minimum atomic E-state index is 0.968. The molecule has 7 aromatic rings. The summed E-state index contributed by atoms with van der Waals surface area (Å²) in [5.41, 5.74) is 7.07. The van der Waals surface area contributed by atoms with Crippen LogP contribution in [0.2, 0.25) is 0 Å². The highest BCUT2D eigenvalue weighted by Crippen LogP contribution is 2.13. The molecular weight excluding hydrogens is 558 g/mol. The number of aromatic nitrogens is 6. The van der Waals surface area contributed by atoms with Gasteiger partial charge in [0, 0.05) is 47.7 Å². The third kappa shape index (κ3) is 13.6. The molecule has 5 N–H and O–H groups in total. The summed E-state index contributed by atoms with van der Waals surface area (Å²) in [6.07, 6.45) is 13.3. The zero-order valence-electron chi connectivity index (χ0n) is 27.1. The fraction of sp³-hybridized carbons (Fsp3) is 0.189. The number of rotatable bonds is 0. The van der Waals surface area contributed by atoms with E-state index in [1.165, 1.54) is 28.0 Å². The lowest BCUT2D eigenvalue weighted by Crippen LogP contribution is -2.12. The van der Waals surface area contributed by atoms with Gasteiger partial charge < -0.3 is 29.7 Å². The van der Waals surface area contributed by atoms with Crippen LogP contribution >= 0.6 is 0 Å². The molecule has 0 atom stereocenters. The highest BCUT2D eigenvalue weighted by Gasteiger charge is 1.94. The molecule has 0 saturated heterocycles. The van der Waals surface area contributed by atoms with Crippen LogP contribution < -0.4 is 5.32 Å². The highest BCUT2D eigenvalue weighted by molar-refractivity contribution is 5.80. The fourth-order valence-corrected chi connectivity index (χ4v) is 3.98. The van der Waals surface area contributed by atoms with Crippen molar-refractivity contribution >= 4 is 21.9 Å². The quantitative estimate of drug-likeness (QED) is 0.119. The number of nitrogens with one attached hydrogen (secondary N) is 5. The molecule has 0 saturated carbocycles. The van der Waals surface area contributed by atoms with Gasteiger partial charge in [-0.05, 0) is 102 Å². The highest BCUT2D eigenvalue weighted by atomic mass is 16.3. The second-order valence-corrected chi connectivity index (χ2v) is 10.3. The first-order valence-electron chi connectivity index (χ1n) is 14.9. The summed E-state index contributed by atoms with van der Waals surface area (Å²) < 4.78 is 4.83. The van der Waals surface area contributed by atoms with Gasteiger partial charge in [0.05, 0.1) is 17.3 Å². The molecule has 5 aromatic heterocycles. The Kier molecular flexibility index (Phi) is 14.3. The van der Waals surface area contributed by atoms with Gasteiger partial charge in [0.15, 0.2) is 0 Å². The number of H-pyrrole nitrogens is 4. The average Bonchev–Trinajstić information content (AvgIpc) is 3.88. The van der Waals surface area contributed by atoms with Crippen LogP contribution in [0.15, 0.2) is 132 Å². The largest absolute Gasteiger partial charge is 0.470 e. The maximum atomic E-state index is 4.83. The normalized spacial score (nSPS) is 11.0. The molecular formula is C37H45N7O. The maximum absolute atomic E-state index is 4.83. The van der Waals surface area contributed by atoms with Crippen molar-refractivity contribution in [2.45, 2.75) is 41.5 Å². The SMILES string of the molecule is CC1=CC=CCN1.Cc1cc2ccccc2[nH]1.Cc1ccc[nH]1.Cc1ccco1.Cc1nc2ccccc2[nH]1.Cc1ncc[nH]1. The van der Waals surface area contributed by atoms with Crippen LogP contribution in [0.3, 0.4) is 0 Å². The van der Waals surface area contributed by atoms with Crippen LogP contribution in [0.4, 0.5) is 0 Å². The molecule has 45 heavy (non-hydrogen) atoms. The number of hydrogen-bond donors (Lipinski definition) is 5. The van der Waals surface area contributed by atoms with Gasteiger partial charge in [-0.2, -0.15) is 0 Å². The van der Waals surface area contributed by atoms with Crippen molar-refractivity contribution in [1.82, 2.24) is 35.2 Å². The molecule has 0 aliphatic carbocycles. The van der Waals surface area contributed by atoms with Crippen molar-refractivity contribution in [3.05, 3.63) is 156 Å². The minimum Gasteiger partial charge on any atom is -0.470 e. The molecule has 0 fully saturated rings. The van der Waals surface area contributed by atoms with E-state index in [0.717, 1.165) is 35.0 Å². The Morgan fingerprint density at radius 1 is 0.689 bits per heavy atom. The van der Waals surface area contributed by atoms with Crippen molar-refractivity contribution < 1.29 is 4.42 Å². The first-order valence-corrected chi connectivity index (χ1v) is 14.9. The summed E-state index contributed by atoms with van der Waals surface area (Å²) >= 11 is 0. The molecule has 8 rings (SSSR count).